The first-order chi connectivity index (χ1) is 9.26. The van der Waals surface area contributed by atoms with E-state index in [0.717, 1.165) is 31.1 Å². The van der Waals surface area contributed by atoms with Gasteiger partial charge in [0.15, 0.2) is 0 Å². The zero-order valence-corrected chi connectivity index (χ0v) is 11.7. The minimum atomic E-state index is 0.149. The second-order valence-electron chi connectivity index (χ2n) is 5.92. The van der Waals surface area contributed by atoms with E-state index in [2.05, 4.69) is 15.3 Å². The third kappa shape index (κ3) is 3.06. The predicted octanol–water partition coefficient (Wildman–Crippen LogP) is 3.08. The fourth-order valence-electron chi connectivity index (χ4n) is 3.44. The molecule has 3 rings (SSSR count). The number of hydrogen-bond acceptors (Lipinski definition) is 4. The highest BCUT2D eigenvalue weighted by Gasteiger charge is 2.38. The van der Waals surface area contributed by atoms with E-state index >= 15 is 0 Å². The lowest BCUT2D eigenvalue weighted by Crippen LogP contribution is -2.45. The Balaban J connectivity index is 1.65. The molecule has 1 aromatic rings. The lowest BCUT2D eigenvalue weighted by molar-refractivity contribution is -0.103. The van der Waals surface area contributed by atoms with Crippen LogP contribution in [-0.2, 0) is 4.74 Å². The van der Waals surface area contributed by atoms with E-state index in [1.807, 2.05) is 19.2 Å². The van der Waals surface area contributed by atoms with Gasteiger partial charge in [0.05, 0.1) is 5.60 Å². The van der Waals surface area contributed by atoms with Crippen LogP contribution < -0.4 is 5.32 Å². The molecule has 1 aromatic heterocycles. The number of aromatic nitrogens is 2. The van der Waals surface area contributed by atoms with Crippen LogP contribution in [0.3, 0.4) is 0 Å². The van der Waals surface area contributed by atoms with Crippen molar-refractivity contribution < 1.29 is 4.74 Å². The molecule has 1 spiro atoms. The average molecular weight is 261 g/mol. The van der Waals surface area contributed by atoms with Crippen LogP contribution in [0.1, 0.15) is 50.8 Å². The van der Waals surface area contributed by atoms with Gasteiger partial charge in [-0.15, -0.1) is 0 Å². The highest BCUT2D eigenvalue weighted by molar-refractivity contribution is 5.34. The van der Waals surface area contributed by atoms with E-state index in [1.54, 1.807) is 0 Å². The minimum absolute atomic E-state index is 0.149. The van der Waals surface area contributed by atoms with Crippen molar-refractivity contribution in [2.24, 2.45) is 0 Å². The first-order valence-corrected chi connectivity index (χ1v) is 7.46. The van der Waals surface area contributed by atoms with Gasteiger partial charge in [-0.2, -0.15) is 0 Å². The van der Waals surface area contributed by atoms with Gasteiger partial charge in [0, 0.05) is 18.8 Å². The van der Waals surface area contributed by atoms with Crippen LogP contribution in [0.4, 0.5) is 5.82 Å². The van der Waals surface area contributed by atoms with Gasteiger partial charge in [0.1, 0.15) is 11.6 Å². The summed E-state index contributed by atoms with van der Waals surface area (Å²) in [4.78, 5) is 8.58. The SMILES string of the molecule is Cc1nccc(N[C@@H]2CCOC3(CCCCC3)C2)n1. The summed E-state index contributed by atoms with van der Waals surface area (Å²) in [7, 11) is 0. The van der Waals surface area contributed by atoms with Crippen molar-refractivity contribution in [1.82, 2.24) is 9.97 Å². The first-order valence-electron chi connectivity index (χ1n) is 7.46. The van der Waals surface area contributed by atoms with Gasteiger partial charge >= 0.3 is 0 Å². The van der Waals surface area contributed by atoms with E-state index in [0.29, 0.717) is 6.04 Å². The van der Waals surface area contributed by atoms with Crippen molar-refractivity contribution in [2.45, 2.75) is 63.5 Å². The largest absolute Gasteiger partial charge is 0.375 e. The highest BCUT2D eigenvalue weighted by Crippen LogP contribution is 2.39. The van der Waals surface area contributed by atoms with Crippen molar-refractivity contribution in [3.63, 3.8) is 0 Å². The Hall–Kier alpha value is -1.16. The van der Waals surface area contributed by atoms with Crippen LogP contribution in [0.15, 0.2) is 12.3 Å². The van der Waals surface area contributed by atoms with E-state index in [-0.39, 0.29) is 5.60 Å². The topological polar surface area (TPSA) is 47.0 Å². The van der Waals surface area contributed by atoms with Gasteiger partial charge in [-0.3, -0.25) is 0 Å². The number of hydrogen-bond donors (Lipinski definition) is 1. The van der Waals surface area contributed by atoms with Gasteiger partial charge in [-0.25, -0.2) is 9.97 Å². The molecule has 19 heavy (non-hydrogen) atoms. The molecule has 4 nitrogen and oxygen atoms in total. The maximum atomic E-state index is 6.13. The Morgan fingerprint density at radius 3 is 2.95 bits per heavy atom. The predicted molar refractivity (Wildman–Crippen MR) is 75.2 cm³/mol. The summed E-state index contributed by atoms with van der Waals surface area (Å²) in [6.07, 6.45) is 10.5. The quantitative estimate of drug-likeness (QED) is 0.888. The molecular formula is C15H23N3O. The molecule has 1 aliphatic heterocycles. The molecule has 4 heteroatoms. The number of rotatable bonds is 2. The van der Waals surface area contributed by atoms with Crippen molar-refractivity contribution in [3.05, 3.63) is 18.1 Å². The Morgan fingerprint density at radius 2 is 2.16 bits per heavy atom. The Morgan fingerprint density at radius 1 is 1.32 bits per heavy atom. The van der Waals surface area contributed by atoms with E-state index in [4.69, 9.17) is 4.74 Å². The van der Waals surface area contributed by atoms with Crippen molar-refractivity contribution >= 4 is 5.82 Å². The van der Waals surface area contributed by atoms with Gasteiger partial charge < -0.3 is 10.1 Å². The molecule has 0 bridgehead atoms. The lowest BCUT2D eigenvalue weighted by Gasteiger charge is -2.43. The van der Waals surface area contributed by atoms with E-state index in [9.17, 15) is 0 Å². The third-order valence-corrected chi connectivity index (χ3v) is 4.39. The summed E-state index contributed by atoms with van der Waals surface area (Å²) in [6.45, 7) is 2.81. The summed E-state index contributed by atoms with van der Waals surface area (Å²) in [5, 5.41) is 3.56. The van der Waals surface area contributed by atoms with Gasteiger partial charge in [-0.05, 0) is 38.7 Å². The number of aryl methyl sites for hydroxylation is 1. The van der Waals surface area contributed by atoms with Crippen molar-refractivity contribution in [1.29, 1.82) is 0 Å². The molecule has 0 unspecified atom stereocenters. The molecule has 0 radical (unpaired) electrons. The molecule has 2 fully saturated rings. The molecule has 0 aromatic carbocycles. The van der Waals surface area contributed by atoms with Gasteiger partial charge in [-0.1, -0.05) is 19.3 Å². The van der Waals surface area contributed by atoms with Crippen LogP contribution in [0.2, 0.25) is 0 Å². The monoisotopic (exact) mass is 261 g/mol. The number of nitrogens with one attached hydrogen (secondary N) is 1. The Bertz CT molecular complexity index is 424. The van der Waals surface area contributed by atoms with Crippen molar-refractivity contribution in [3.8, 4) is 0 Å². The summed E-state index contributed by atoms with van der Waals surface area (Å²) >= 11 is 0. The average Bonchev–Trinajstić information content (AvgIpc) is 2.40. The second-order valence-corrected chi connectivity index (χ2v) is 5.92. The molecule has 0 amide bonds. The summed E-state index contributed by atoms with van der Waals surface area (Å²) in [5.41, 5.74) is 0.149. The normalized spacial score (nSPS) is 26.3. The summed E-state index contributed by atoms with van der Waals surface area (Å²) in [5.74, 6) is 1.77. The maximum absolute atomic E-state index is 6.13. The standard InChI is InChI=1S/C15H23N3O/c1-12-16-9-5-14(17-12)18-13-6-10-19-15(11-13)7-3-2-4-8-15/h5,9,13H,2-4,6-8,10-11H2,1H3,(H,16,17,18)/t13-/m1/s1. The molecule has 1 saturated heterocycles. The van der Waals surface area contributed by atoms with Crippen LogP contribution in [0.5, 0.6) is 0 Å². The van der Waals surface area contributed by atoms with Gasteiger partial charge in [0.25, 0.3) is 0 Å². The van der Waals surface area contributed by atoms with Crippen LogP contribution in [0.25, 0.3) is 0 Å². The number of ether oxygens (including phenoxy) is 1. The zero-order valence-electron chi connectivity index (χ0n) is 11.7. The summed E-state index contributed by atoms with van der Waals surface area (Å²) < 4.78 is 6.13. The molecule has 1 N–H and O–H groups in total. The zero-order chi connectivity index (χ0) is 13.1. The first kappa shape index (κ1) is 12.9. The second kappa shape index (κ2) is 5.45. The molecule has 1 aliphatic carbocycles. The fourth-order valence-corrected chi connectivity index (χ4v) is 3.44. The van der Waals surface area contributed by atoms with Crippen LogP contribution in [0, 0.1) is 6.92 Å². The molecule has 1 atom stereocenters. The number of nitrogens with zero attached hydrogens (tertiary/aromatic N) is 2. The molecule has 2 aliphatic rings. The molecule has 1 saturated carbocycles. The minimum Gasteiger partial charge on any atom is -0.375 e. The smallest absolute Gasteiger partial charge is 0.129 e. The van der Waals surface area contributed by atoms with Crippen molar-refractivity contribution in [2.75, 3.05) is 11.9 Å². The molecular weight excluding hydrogens is 238 g/mol. The van der Waals surface area contributed by atoms with E-state index in [1.165, 1.54) is 32.1 Å². The highest BCUT2D eigenvalue weighted by atomic mass is 16.5. The number of anilines is 1. The summed E-state index contributed by atoms with van der Waals surface area (Å²) in [6, 6.07) is 2.44. The Labute approximate surface area is 115 Å². The third-order valence-electron chi connectivity index (χ3n) is 4.39. The Kier molecular flexibility index (Phi) is 3.69. The molecule has 104 valence electrons. The maximum Gasteiger partial charge on any atom is 0.129 e. The van der Waals surface area contributed by atoms with Crippen LogP contribution >= 0.6 is 0 Å². The van der Waals surface area contributed by atoms with Gasteiger partial charge in [0.2, 0.25) is 0 Å². The lowest BCUT2D eigenvalue weighted by atomic mass is 9.78. The van der Waals surface area contributed by atoms with Crippen LogP contribution in [-0.4, -0.2) is 28.2 Å². The molecule has 2 heterocycles. The fraction of sp³-hybridized carbons (Fsp3) is 0.733. The van der Waals surface area contributed by atoms with E-state index < -0.39 is 0 Å².